The number of carbonyl (C=O) groups is 1. The lowest BCUT2D eigenvalue weighted by Crippen LogP contribution is -2.39. The maximum absolute atomic E-state index is 12.3. The van der Waals surface area contributed by atoms with E-state index in [9.17, 15) is 4.79 Å². The summed E-state index contributed by atoms with van der Waals surface area (Å²) in [6.45, 7) is 4.54. The van der Waals surface area contributed by atoms with Crippen LogP contribution in [0.15, 0.2) is 29.4 Å². The molecule has 1 aliphatic carbocycles. The zero-order valence-electron chi connectivity index (χ0n) is 12.6. The number of hydrogen-bond acceptors (Lipinski definition) is 3. The standard InChI is InChI=1S/C16H23N3O2/c1-16(2)8-6-13(7-9-16)18-15(20)12-5-3-4-11(10-12)14(17)19-21/h3-5,10,13,21H,6-9H2,1-2H3,(H2,17,19)(H,18,20). The van der Waals surface area contributed by atoms with Crippen LogP contribution < -0.4 is 11.1 Å². The van der Waals surface area contributed by atoms with E-state index < -0.39 is 0 Å². The highest BCUT2D eigenvalue weighted by Gasteiger charge is 2.27. The van der Waals surface area contributed by atoms with Crippen LogP contribution in [0.1, 0.15) is 55.5 Å². The van der Waals surface area contributed by atoms with Crippen molar-refractivity contribution >= 4 is 11.7 Å². The second-order valence-electron chi connectivity index (χ2n) is 6.48. The molecule has 21 heavy (non-hydrogen) atoms. The molecule has 1 aromatic rings. The van der Waals surface area contributed by atoms with Crippen LogP contribution in [0.25, 0.3) is 0 Å². The molecule has 0 spiro atoms. The average molecular weight is 289 g/mol. The van der Waals surface area contributed by atoms with Gasteiger partial charge in [0.05, 0.1) is 0 Å². The molecule has 0 atom stereocenters. The number of nitrogens with zero attached hydrogens (tertiary/aromatic N) is 1. The Labute approximate surface area is 125 Å². The highest BCUT2D eigenvalue weighted by atomic mass is 16.4. The summed E-state index contributed by atoms with van der Waals surface area (Å²) in [6, 6.07) is 7.03. The average Bonchev–Trinajstić information content (AvgIpc) is 2.48. The fourth-order valence-electron chi connectivity index (χ4n) is 2.69. The predicted octanol–water partition coefficient (Wildman–Crippen LogP) is 2.48. The highest BCUT2D eigenvalue weighted by molar-refractivity contribution is 6.01. The van der Waals surface area contributed by atoms with E-state index in [1.54, 1.807) is 24.3 Å². The van der Waals surface area contributed by atoms with Gasteiger partial charge in [-0.25, -0.2) is 0 Å². The molecule has 114 valence electrons. The van der Waals surface area contributed by atoms with Crippen LogP contribution in [0.2, 0.25) is 0 Å². The van der Waals surface area contributed by atoms with E-state index in [-0.39, 0.29) is 17.8 Å². The van der Waals surface area contributed by atoms with Crippen LogP contribution in [0, 0.1) is 5.41 Å². The van der Waals surface area contributed by atoms with Crippen molar-refractivity contribution in [1.82, 2.24) is 5.32 Å². The van der Waals surface area contributed by atoms with Gasteiger partial charge >= 0.3 is 0 Å². The third-order valence-corrected chi connectivity index (χ3v) is 4.20. The lowest BCUT2D eigenvalue weighted by molar-refractivity contribution is 0.0909. The summed E-state index contributed by atoms with van der Waals surface area (Å²) in [5.74, 6) is -0.101. The molecule has 4 N–H and O–H groups in total. The quantitative estimate of drug-likeness (QED) is 0.346. The molecule has 0 bridgehead atoms. The summed E-state index contributed by atoms with van der Waals surface area (Å²) in [6.07, 6.45) is 4.28. The fraction of sp³-hybridized carbons (Fsp3) is 0.500. The molecule has 0 saturated heterocycles. The molecule has 5 heteroatoms. The van der Waals surface area contributed by atoms with Crippen molar-refractivity contribution in [3.8, 4) is 0 Å². The normalized spacial score (nSPS) is 19.2. The van der Waals surface area contributed by atoms with E-state index >= 15 is 0 Å². The molecule has 1 saturated carbocycles. The summed E-state index contributed by atoms with van der Waals surface area (Å²) in [7, 11) is 0. The van der Waals surface area contributed by atoms with E-state index in [1.165, 1.54) is 0 Å². The molecule has 1 fully saturated rings. The Kier molecular flexibility index (Phi) is 4.50. The second-order valence-corrected chi connectivity index (χ2v) is 6.48. The lowest BCUT2D eigenvalue weighted by atomic mass is 9.75. The SMILES string of the molecule is CC1(C)CCC(NC(=O)c2cccc(C(N)=NO)c2)CC1. The smallest absolute Gasteiger partial charge is 0.251 e. The number of amidine groups is 1. The van der Waals surface area contributed by atoms with Crippen molar-refractivity contribution in [1.29, 1.82) is 0 Å². The molecule has 2 rings (SSSR count). The molecular weight excluding hydrogens is 266 g/mol. The molecule has 0 radical (unpaired) electrons. The van der Waals surface area contributed by atoms with Gasteiger partial charge in [-0.05, 0) is 43.2 Å². The third-order valence-electron chi connectivity index (χ3n) is 4.20. The topological polar surface area (TPSA) is 87.7 Å². The van der Waals surface area contributed by atoms with Crippen molar-refractivity contribution in [2.45, 2.75) is 45.6 Å². The van der Waals surface area contributed by atoms with Gasteiger partial charge in [0.15, 0.2) is 5.84 Å². The minimum absolute atomic E-state index is 0.00376. The first-order valence-corrected chi connectivity index (χ1v) is 7.30. The first-order chi connectivity index (χ1) is 9.91. The Bertz CT molecular complexity index is 542. The van der Waals surface area contributed by atoms with Crippen LogP contribution >= 0.6 is 0 Å². The van der Waals surface area contributed by atoms with Gasteiger partial charge in [-0.2, -0.15) is 0 Å². The highest BCUT2D eigenvalue weighted by Crippen LogP contribution is 2.35. The van der Waals surface area contributed by atoms with Gasteiger partial charge in [-0.15, -0.1) is 0 Å². The van der Waals surface area contributed by atoms with Crippen LogP contribution in [-0.4, -0.2) is 23.0 Å². The summed E-state index contributed by atoms with van der Waals surface area (Å²) in [4.78, 5) is 12.3. The van der Waals surface area contributed by atoms with E-state index in [2.05, 4.69) is 24.3 Å². The van der Waals surface area contributed by atoms with Crippen LogP contribution in [0.4, 0.5) is 0 Å². The van der Waals surface area contributed by atoms with Crippen LogP contribution in [0.5, 0.6) is 0 Å². The first kappa shape index (κ1) is 15.4. The Morgan fingerprint density at radius 1 is 1.33 bits per heavy atom. The fourth-order valence-corrected chi connectivity index (χ4v) is 2.69. The predicted molar refractivity (Wildman–Crippen MR) is 82.5 cm³/mol. The Morgan fingerprint density at radius 2 is 1.95 bits per heavy atom. The number of rotatable bonds is 3. The van der Waals surface area contributed by atoms with Gasteiger partial charge in [-0.3, -0.25) is 4.79 Å². The van der Waals surface area contributed by atoms with Gasteiger partial charge < -0.3 is 16.3 Å². The van der Waals surface area contributed by atoms with Gasteiger partial charge in [0.2, 0.25) is 0 Å². The minimum atomic E-state index is -0.104. The molecule has 1 aromatic carbocycles. The molecule has 1 aliphatic rings. The zero-order valence-corrected chi connectivity index (χ0v) is 12.6. The van der Waals surface area contributed by atoms with Crippen LogP contribution in [0.3, 0.4) is 0 Å². The first-order valence-electron chi connectivity index (χ1n) is 7.30. The van der Waals surface area contributed by atoms with Crippen molar-refractivity contribution < 1.29 is 10.0 Å². The van der Waals surface area contributed by atoms with Gasteiger partial charge in [0.1, 0.15) is 0 Å². The molecular formula is C16H23N3O2. The van der Waals surface area contributed by atoms with E-state index in [0.29, 0.717) is 16.5 Å². The van der Waals surface area contributed by atoms with Crippen LogP contribution in [-0.2, 0) is 0 Å². The molecule has 0 unspecified atom stereocenters. The lowest BCUT2D eigenvalue weighted by Gasteiger charge is -2.34. The van der Waals surface area contributed by atoms with E-state index in [4.69, 9.17) is 10.9 Å². The zero-order chi connectivity index (χ0) is 15.5. The molecule has 0 heterocycles. The van der Waals surface area contributed by atoms with E-state index in [1.807, 2.05) is 0 Å². The summed E-state index contributed by atoms with van der Waals surface area (Å²) >= 11 is 0. The van der Waals surface area contributed by atoms with Gasteiger partial charge in [-0.1, -0.05) is 31.1 Å². The largest absolute Gasteiger partial charge is 0.409 e. The molecule has 1 amide bonds. The number of oxime groups is 1. The third kappa shape index (κ3) is 3.97. The molecule has 0 aromatic heterocycles. The molecule has 0 aliphatic heterocycles. The monoisotopic (exact) mass is 289 g/mol. The van der Waals surface area contributed by atoms with Gasteiger partial charge in [0, 0.05) is 17.2 Å². The minimum Gasteiger partial charge on any atom is -0.409 e. The Morgan fingerprint density at radius 3 is 2.57 bits per heavy atom. The summed E-state index contributed by atoms with van der Waals surface area (Å²) in [5.41, 5.74) is 7.00. The number of hydrogen-bond donors (Lipinski definition) is 3. The number of amides is 1. The molecule has 5 nitrogen and oxygen atoms in total. The summed E-state index contributed by atoms with van der Waals surface area (Å²) < 4.78 is 0. The van der Waals surface area contributed by atoms with Crippen molar-refractivity contribution in [2.24, 2.45) is 16.3 Å². The number of nitrogens with two attached hydrogens (primary N) is 1. The Hall–Kier alpha value is -2.04. The maximum Gasteiger partial charge on any atom is 0.251 e. The van der Waals surface area contributed by atoms with Crippen molar-refractivity contribution in [2.75, 3.05) is 0 Å². The number of nitrogens with one attached hydrogen (secondary N) is 1. The maximum atomic E-state index is 12.3. The number of carbonyl (C=O) groups excluding carboxylic acids is 1. The second kappa shape index (κ2) is 6.16. The van der Waals surface area contributed by atoms with E-state index in [0.717, 1.165) is 25.7 Å². The summed E-state index contributed by atoms with van der Waals surface area (Å²) in [5, 5.41) is 14.7. The van der Waals surface area contributed by atoms with Gasteiger partial charge in [0.25, 0.3) is 5.91 Å². The van der Waals surface area contributed by atoms with Crippen molar-refractivity contribution in [3.05, 3.63) is 35.4 Å². The van der Waals surface area contributed by atoms with Crippen molar-refractivity contribution in [3.63, 3.8) is 0 Å². The number of benzene rings is 1. The Balaban J connectivity index is 2.01.